The minimum atomic E-state index is -4.41. The van der Waals surface area contributed by atoms with Crippen LogP contribution in [0.15, 0.2) is 67.0 Å². The van der Waals surface area contributed by atoms with E-state index in [-0.39, 0.29) is 11.7 Å². The Morgan fingerprint density at radius 3 is 2.44 bits per heavy atom. The Balaban J connectivity index is 1.35. The van der Waals surface area contributed by atoms with Gasteiger partial charge in [0.1, 0.15) is 11.4 Å². The molecule has 3 heterocycles. The summed E-state index contributed by atoms with van der Waals surface area (Å²) in [6.07, 6.45) is -1.43. The van der Waals surface area contributed by atoms with Crippen LogP contribution in [0.4, 0.5) is 23.2 Å². The molecule has 1 fully saturated rings. The summed E-state index contributed by atoms with van der Waals surface area (Å²) in [5, 5.41) is 4.30. The molecule has 1 saturated heterocycles. The van der Waals surface area contributed by atoms with E-state index in [4.69, 9.17) is 0 Å². The molecular formula is C24H19F4N5O. The second-order valence-corrected chi connectivity index (χ2v) is 7.96. The van der Waals surface area contributed by atoms with Crippen molar-refractivity contribution in [3.05, 3.63) is 83.9 Å². The molecule has 10 heteroatoms. The number of fused-ring (bicyclic) bond motifs is 1. The predicted molar refractivity (Wildman–Crippen MR) is 118 cm³/mol. The van der Waals surface area contributed by atoms with Crippen LogP contribution in [0.1, 0.15) is 15.9 Å². The molecule has 0 bridgehead atoms. The summed E-state index contributed by atoms with van der Waals surface area (Å²) in [7, 11) is 0. The van der Waals surface area contributed by atoms with Gasteiger partial charge in [0.2, 0.25) is 0 Å². The van der Waals surface area contributed by atoms with Gasteiger partial charge in [0.25, 0.3) is 5.91 Å². The fourth-order valence-corrected chi connectivity index (χ4v) is 4.13. The Hall–Kier alpha value is -3.95. The fraction of sp³-hybridized carbons (Fsp3) is 0.208. The zero-order chi connectivity index (χ0) is 23.9. The molecule has 0 radical (unpaired) electrons. The van der Waals surface area contributed by atoms with E-state index in [2.05, 4.69) is 10.1 Å². The maximum Gasteiger partial charge on any atom is 0.416 e. The minimum absolute atomic E-state index is 0.261. The predicted octanol–water partition coefficient (Wildman–Crippen LogP) is 4.52. The Labute approximate surface area is 192 Å². The van der Waals surface area contributed by atoms with Gasteiger partial charge >= 0.3 is 6.18 Å². The van der Waals surface area contributed by atoms with Gasteiger partial charge in [-0.25, -0.2) is 13.9 Å². The van der Waals surface area contributed by atoms with Gasteiger partial charge in [-0.05, 0) is 36.4 Å². The number of carbonyl (C=O) groups is 1. The molecule has 4 aromatic rings. The lowest BCUT2D eigenvalue weighted by Crippen LogP contribution is -2.48. The van der Waals surface area contributed by atoms with Gasteiger partial charge in [0, 0.05) is 43.6 Å². The molecule has 2 aromatic heterocycles. The molecule has 1 aliphatic rings. The molecule has 0 aliphatic carbocycles. The standard InChI is InChI=1S/C24H19F4N5O/c25-18-5-1-3-16(13-18)21-7-8-29-22-20(15-30-33(21)22)23(34)32-11-9-31(10-12-32)19-6-2-4-17(14-19)24(26,27)28/h1-8,13-15H,9-12H2. The van der Waals surface area contributed by atoms with Gasteiger partial charge in [-0.2, -0.15) is 18.3 Å². The number of amides is 1. The van der Waals surface area contributed by atoms with Gasteiger partial charge < -0.3 is 9.80 Å². The highest BCUT2D eigenvalue weighted by atomic mass is 19.4. The molecule has 34 heavy (non-hydrogen) atoms. The zero-order valence-corrected chi connectivity index (χ0v) is 17.8. The third-order valence-electron chi connectivity index (χ3n) is 5.86. The Morgan fingerprint density at radius 1 is 0.941 bits per heavy atom. The number of carbonyl (C=O) groups excluding carboxylic acids is 1. The lowest BCUT2D eigenvalue weighted by atomic mass is 10.1. The number of alkyl halides is 3. The van der Waals surface area contributed by atoms with Gasteiger partial charge in [-0.3, -0.25) is 4.79 Å². The molecule has 0 saturated carbocycles. The first-order valence-electron chi connectivity index (χ1n) is 10.6. The topological polar surface area (TPSA) is 53.7 Å². The Bertz CT molecular complexity index is 1360. The summed E-state index contributed by atoms with van der Waals surface area (Å²) in [6.45, 7) is 1.48. The Morgan fingerprint density at radius 2 is 1.71 bits per heavy atom. The number of anilines is 1. The van der Waals surface area contributed by atoms with Crippen LogP contribution in [0.5, 0.6) is 0 Å². The highest BCUT2D eigenvalue weighted by Crippen LogP contribution is 2.32. The summed E-state index contributed by atoms with van der Waals surface area (Å²) < 4.78 is 54.3. The maximum atomic E-state index is 13.7. The first-order valence-corrected chi connectivity index (χ1v) is 10.6. The van der Waals surface area contributed by atoms with Gasteiger partial charge in [-0.1, -0.05) is 18.2 Å². The van der Waals surface area contributed by atoms with E-state index in [1.807, 2.05) is 4.90 Å². The normalized spacial score (nSPS) is 14.6. The first-order chi connectivity index (χ1) is 16.3. The molecular weight excluding hydrogens is 450 g/mol. The maximum absolute atomic E-state index is 13.7. The highest BCUT2D eigenvalue weighted by molar-refractivity contribution is 6.00. The van der Waals surface area contributed by atoms with E-state index >= 15 is 0 Å². The van der Waals surface area contributed by atoms with Crippen LogP contribution in [0.25, 0.3) is 16.9 Å². The molecule has 6 nitrogen and oxygen atoms in total. The van der Waals surface area contributed by atoms with Crippen molar-refractivity contribution in [2.75, 3.05) is 31.1 Å². The number of piperazine rings is 1. The number of nitrogens with zero attached hydrogens (tertiary/aromatic N) is 5. The van der Waals surface area contributed by atoms with E-state index in [0.29, 0.717) is 54.3 Å². The van der Waals surface area contributed by atoms with Crippen LogP contribution in [0, 0.1) is 5.82 Å². The largest absolute Gasteiger partial charge is 0.416 e. The van der Waals surface area contributed by atoms with E-state index in [1.54, 1.807) is 35.4 Å². The van der Waals surface area contributed by atoms with Crippen molar-refractivity contribution < 1.29 is 22.4 Å². The molecule has 0 atom stereocenters. The van der Waals surface area contributed by atoms with E-state index in [0.717, 1.165) is 12.1 Å². The number of halogens is 4. The average molecular weight is 469 g/mol. The van der Waals surface area contributed by atoms with E-state index < -0.39 is 11.7 Å². The summed E-state index contributed by atoms with van der Waals surface area (Å²) >= 11 is 0. The van der Waals surface area contributed by atoms with Crippen LogP contribution >= 0.6 is 0 Å². The second kappa shape index (κ2) is 8.44. The Kier molecular flexibility index (Phi) is 5.43. The number of benzene rings is 2. The molecule has 1 aliphatic heterocycles. The van der Waals surface area contributed by atoms with Crippen molar-refractivity contribution in [1.82, 2.24) is 19.5 Å². The van der Waals surface area contributed by atoms with Crippen molar-refractivity contribution in [2.24, 2.45) is 0 Å². The summed E-state index contributed by atoms with van der Waals surface area (Å²) in [5.74, 6) is -0.646. The van der Waals surface area contributed by atoms with E-state index in [9.17, 15) is 22.4 Å². The second-order valence-electron chi connectivity index (χ2n) is 7.96. The quantitative estimate of drug-likeness (QED) is 0.414. The third-order valence-corrected chi connectivity index (χ3v) is 5.86. The van der Waals surface area contributed by atoms with Crippen LogP contribution in [-0.4, -0.2) is 51.6 Å². The molecule has 0 unspecified atom stereocenters. The van der Waals surface area contributed by atoms with Crippen LogP contribution in [-0.2, 0) is 6.18 Å². The number of aromatic nitrogens is 3. The van der Waals surface area contributed by atoms with Crippen molar-refractivity contribution in [1.29, 1.82) is 0 Å². The van der Waals surface area contributed by atoms with Crippen molar-refractivity contribution in [3.63, 3.8) is 0 Å². The minimum Gasteiger partial charge on any atom is -0.368 e. The summed E-state index contributed by atoms with van der Waals surface area (Å²) in [4.78, 5) is 21.0. The van der Waals surface area contributed by atoms with Crippen molar-refractivity contribution in [2.45, 2.75) is 6.18 Å². The SMILES string of the molecule is O=C(c1cnn2c(-c3cccc(F)c3)ccnc12)N1CCN(c2cccc(C(F)(F)F)c2)CC1. The summed E-state index contributed by atoms with van der Waals surface area (Å²) in [5.41, 5.74) is 1.63. The number of hydrogen-bond acceptors (Lipinski definition) is 4. The monoisotopic (exact) mass is 469 g/mol. The lowest BCUT2D eigenvalue weighted by molar-refractivity contribution is -0.137. The van der Waals surface area contributed by atoms with Crippen LogP contribution in [0.2, 0.25) is 0 Å². The van der Waals surface area contributed by atoms with Gasteiger partial charge in [0.05, 0.1) is 17.5 Å². The fourth-order valence-electron chi connectivity index (χ4n) is 4.13. The molecule has 2 aromatic carbocycles. The lowest BCUT2D eigenvalue weighted by Gasteiger charge is -2.36. The molecule has 174 valence electrons. The third kappa shape index (κ3) is 4.07. The molecule has 1 amide bonds. The zero-order valence-electron chi connectivity index (χ0n) is 17.8. The molecule has 0 spiro atoms. The average Bonchev–Trinajstić information content (AvgIpc) is 3.27. The first kappa shape index (κ1) is 21.9. The van der Waals surface area contributed by atoms with E-state index in [1.165, 1.54) is 28.9 Å². The van der Waals surface area contributed by atoms with Gasteiger partial charge in [0.15, 0.2) is 5.65 Å². The number of hydrogen-bond donors (Lipinski definition) is 0. The highest BCUT2D eigenvalue weighted by Gasteiger charge is 2.31. The van der Waals surface area contributed by atoms with Crippen LogP contribution < -0.4 is 4.90 Å². The van der Waals surface area contributed by atoms with Crippen molar-refractivity contribution in [3.8, 4) is 11.3 Å². The molecule has 5 rings (SSSR count). The van der Waals surface area contributed by atoms with Crippen molar-refractivity contribution >= 4 is 17.2 Å². The smallest absolute Gasteiger partial charge is 0.368 e. The molecule has 0 N–H and O–H groups in total. The van der Waals surface area contributed by atoms with Gasteiger partial charge in [-0.15, -0.1) is 0 Å². The summed E-state index contributed by atoms with van der Waals surface area (Å²) in [6, 6.07) is 12.9. The van der Waals surface area contributed by atoms with Crippen LogP contribution in [0.3, 0.4) is 0 Å². The number of rotatable bonds is 3.